The van der Waals surface area contributed by atoms with E-state index in [1.807, 2.05) is 13.8 Å². The first-order valence-electron chi connectivity index (χ1n) is 14.2. The summed E-state index contributed by atoms with van der Waals surface area (Å²) in [4.78, 5) is 44.2. The van der Waals surface area contributed by atoms with Crippen LogP contribution in [0.4, 0.5) is 0 Å². The quantitative estimate of drug-likeness (QED) is 0.254. The summed E-state index contributed by atoms with van der Waals surface area (Å²) in [6.45, 7) is 9.09. The van der Waals surface area contributed by atoms with Gasteiger partial charge in [0, 0.05) is 4.47 Å². The van der Waals surface area contributed by atoms with Crippen molar-refractivity contribution in [3.63, 3.8) is 0 Å². The first kappa shape index (κ1) is 33.8. The lowest BCUT2D eigenvalue weighted by Crippen LogP contribution is -2.40. The third kappa shape index (κ3) is 7.42. The van der Waals surface area contributed by atoms with Crippen molar-refractivity contribution in [3.05, 3.63) is 76.9 Å². The van der Waals surface area contributed by atoms with Gasteiger partial charge in [-0.1, -0.05) is 33.3 Å². The van der Waals surface area contributed by atoms with Gasteiger partial charge < -0.3 is 28.4 Å². The van der Waals surface area contributed by atoms with Crippen LogP contribution in [0.1, 0.15) is 51.8 Å². The van der Waals surface area contributed by atoms with E-state index >= 15 is 0 Å². The summed E-state index contributed by atoms with van der Waals surface area (Å²) >= 11 is 4.73. The van der Waals surface area contributed by atoms with E-state index < -0.39 is 18.0 Å². The van der Waals surface area contributed by atoms with E-state index in [1.165, 1.54) is 30.1 Å². The van der Waals surface area contributed by atoms with Gasteiger partial charge in [0.1, 0.15) is 0 Å². The number of ether oxygens (including phenoxy) is 6. The topological polar surface area (TPSA) is 124 Å². The predicted molar refractivity (Wildman–Crippen MR) is 172 cm³/mol. The molecule has 0 spiro atoms. The van der Waals surface area contributed by atoms with Crippen molar-refractivity contribution < 1.29 is 38.0 Å². The Balaban J connectivity index is 1.86. The van der Waals surface area contributed by atoms with Crippen LogP contribution in [0, 0.1) is 0 Å². The Morgan fingerprint density at radius 1 is 1.02 bits per heavy atom. The third-order valence-corrected chi connectivity index (χ3v) is 8.27. The molecule has 0 radical (unpaired) electrons. The number of hydrogen-bond donors (Lipinski definition) is 0. The molecule has 240 valence electrons. The molecule has 1 aliphatic heterocycles. The highest BCUT2D eigenvalue weighted by Gasteiger charge is 2.34. The molecule has 0 saturated heterocycles. The first-order valence-corrected chi connectivity index (χ1v) is 15.8. The number of carbonyl (C=O) groups is 2. The van der Waals surface area contributed by atoms with Gasteiger partial charge in [-0.3, -0.25) is 9.36 Å². The van der Waals surface area contributed by atoms with Crippen LogP contribution in [-0.4, -0.2) is 56.6 Å². The number of halogens is 1. The molecule has 1 atom stereocenters. The molecule has 0 fully saturated rings. The first-order chi connectivity index (χ1) is 21.5. The summed E-state index contributed by atoms with van der Waals surface area (Å²) in [5, 5.41) is 0. The lowest BCUT2D eigenvalue weighted by Gasteiger charge is -2.25. The van der Waals surface area contributed by atoms with E-state index in [4.69, 9.17) is 28.4 Å². The molecule has 2 aromatic carbocycles. The van der Waals surface area contributed by atoms with Crippen LogP contribution in [0.5, 0.6) is 23.0 Å². The normalized spacial score (nSPS) is 14.5. The van der Waals surface area contributed by atoms with E-state index in [0.717, 1.165) is 0 Å². The molecule has 0 amide bonds. The van der Waals surface area contributed by atoms with Gasteiger partial charge in [0.15, 0.2) is 34.4 Å². The van der Waals surface area contributed by atoms with Crippen LogP contribution >= 0.6 is 27.3 Å². The molecule has 4 rings (SSSR count). The third-order valence-electron chi connectivity index (χ3n) is 6.60. The molecule has 1 aromatic heterocycles. The molecule has 0 N–H and O–H groups in total. The Labute approximate surface area is 272 Å². The van der Waals surface area contributed by atoms with Crippen molar-refractivity contribution in [2.45, 2.75) is 46.8 Å². The molecular weight excluding hydrogens is 668 g/mol. The van der Waals surface area contributed by atoms with Gasteiger partial charge in [0.25, 0.3) is 5.56 Å². The van der Waals surface area contributed by atoms with Crippen molar-refractivity contribution in [1.82, 2.24) is 4.57 Å². The largest absolute Gasteiger partial charge is 0.493 e. The molecular formula is C32H35BrN2O9S. The Hall–Kier alpha value is -4.10. The fraction of sp³-hybridized carbons (Fsp3) is 0.375. The Morgan fingerprint density at radius 2 is 1.71 bits per heavy atom. The number of fused-ring (bicyclic) bond motifs is 1. The standard InChI is InChI=1S/C32H35BrN2O9S/c1-8-41-27(36)16-43-25-15-21(33)20(13-24(25)40-7)14-26-30(37)35-29(19-10-11-22(44-17(3)4)23(12-19)39-6)28(31(38)42-9-2)18(5)34-32(35)45-26/h10-15,17,29H,8-9,16H2,1-7H3/b26-14-/t29-/m1/s1. The van der Waals surface area contributed by atoms with E-state index in [2.05, 4.69) is 20.9 Å². The second-order valence-corrected chi connectivity index (χ2v) is 11.9. The predicted octanol–water partition coefficient (Wildman–Crippen LogP) is 4.31. The molecule has 0 aliphatic carbocycles. The molecule has 11 nitrogen and oxygen atoms in total. The minimum atomic E-state index is -0.832. The minimum absolute atomic E-state index is 0.0872. The molecule has 0 bridgehead atoms. The zero-order chi connectivity index (χ0) is 32.8. The molecule has 2 heterocycles. The zero-order valence-corrected chi connectivity index (χ0v) is 28.5. The number of rotatable bonds is 12. The fourth-order valence-electron chi connectivity index (χ4n) is 4.73. The van der Waals surface area contributed by atoms with Gasteiger partial charge >= 0.3 is 11.9 Å². The maximum absolute atomic E-state index is 14.1. The lowest BCUT2D eigenvalue weighted by atomic mass is 9.95. The average molecular weight is 704 g/mol. The summed E-state index contributed by atoms with van der Waals surface area (Å²) < 4.78 is 35.4. The highest BCUT2D eigenvalue weighted by atomic mass is 79.9. The number of thiazole rings is 1. The Morgan fingerprint density at radius 3 is 2.36 bits per heavy atom. The number of methoxy groups -OCH3 is 2. The lowest BCUT2D eigenvalue weighted by molar-refractivity contribution is -0.145. The summed E-state index contributed by atoms with van der Waals surface area (Å²) in [5.74, 6) is 0.608. The van der Waals surface area contributed by atoms with Crippen LogP contribution in [0.2, 0.25) is 0 Å². The number of carbonyl (C=O) groups excluding carboxylic acids is 2. The van der Waals surface area contributed by atoms with Gasteiger partial charge in [-0.2, -0.15) is 0 Å². The van der Waals surface area contributed by atoms with Crippen molar-refractivity contribution in [1.29, 1.82) is 0 Å². The van der Waals surface area contributed by atoms with E-state index in [0.29, 0.717) is 53.6 Å². The molecule has 0 saturated carbocycles. The van der Waals surface area contributed by atoms with Gasteiger partial charge in [-0.05, 0) is 76.1 Å². The summed E-state index contributed by atoms with van der Waals surface area (Å²) in [7, 11) is 3.01. The number of allylic oxidation sites excluding steroid dienone is 1. The van der Waals surface area contributed by atoms with Crippen LogP contribution in [0.25, 0.3) is 6.08 Å². The molecule has 0 unspecified atom stereocenters. The van der Waals surface area contributed by atoms with Crippen LogP contribution < -0.4 is 33.8 Å². The van der Waals surface area contributed by atoms with Crippen molar-refractivity contribution in [2.75, 3.05) is 34.0 Å². The second-order valence-electron chi connectivity index (χ2n) is 10.00. The molecule has 3 aromatic rings. The molecule has 45 heavy (non-hydrogen) atoms. The monoisotopic (exact) mass is 702 g/mol. The Bertz CT molecular complexity index is 1810. The molecule has 1 aliphatic rings. The summed E-state index contributed by atoms with van der Waals surface area (Å²) in [5.41, 5.74) is 1.59. The summed E-state index contributed by atoms with van der Waals surface area (Å²) in [6, 6.07) is 7.83. The Kier molecular flexibility index (Phi) is 11.1. The summed E-state index contributed by atoms with van der Waals surface area (Å²) in [6.07, 6.45) is 1.61. The van der Waals surface area contributed by atoms with Gasteiger partial charge in [-0.15, -0.1) is 0 Å². The number of hydrogen-bond acceptors (Lipinski definition) is 11. The number of aromatic nitrogens is 1. The second kappa shape index (κ2) is 14.8. The van der Waals surface area contributed by atoms with Crippen molar-refractivity contribution in [2.24, 2.45) is 4.99 Å². The van der Waals surface area contributed by atoms with E-state index in [9.17, 15) is 14.4 Å². The highest BCUT2D eigenvalue weighted by Crippen LogP contribution is 2.37. The van der Waals surface area contributed by atoms with Crippen LogP contribution in [-0.2, 0) is 19.1 Å². The maximum Gasteiger partial charge on any atom is 0.344 e. The van der Waals surface area contributed by atoms with Gasteiger partial charge in [-0.25, -0.2) is 14.6 Å². The van der Waals surface area contributed by atoms with Crippen LogP contribution in [0.15, 0.2) is 55.9 Å². The fourth-order valence-corrected chi connectivity index (χ4v) is 6.20. The van der Waals surface area contributed by atoms with Gasteiger partial charge in [0.2, 0.25) is 0 Å². The molecule has 13 heteroatoms. The van der Waals surface area contributed by atoms with Crippen molar-refractivity contribution >= 4 is 45.3 Å². The van der Waals surface area contributed by atoms with Crippen LogP contribution in [0.3, 0.4) is 0 Å². The zero-order valence-electron chi connectivity index (χ0n) is 26.1. The van der Waals surface area contributed by atoms with Gasteiger partial charge in [0.05, 0.1) is 55.4 Å². The smallest absolute Gasteiger partial charge is 0.344 e. The van der Waals surface area contributed by atoms with E-state index in [-0.39, 0.29) is 37.1 Å². The number of nitrogens with zero attached hydrogens (tertiary/aromatic N) is 2. The number of esters is 2. The van der Waals surface area contributed by atoms with E-state index in [1.54, 1.807) is 57.2 Å². The van der Waals surface area contributed by atoms with Crippen molar-refractivity contribution in [3.8, 4) is 23.0 Å². The average Bonchev–Trinajstić information content (AvgIpc) is 3.30. The highest BCUT2D eigenvalue weighted by molar-refractivity contribution is 9.10. The SMILES string of the molecule is CCOC(=O)COc1cc(Br)c(/C=c2\sc3n(c2=O)[C@H](c2ccc(OC(C)C)c(OC)c2)C(C(=O)OCC)=C(C)N=3)cc1OC. The maximum atomic E-state index is 14.1. The number of benzene rings is 2. The minimum Gasteiger partial charge on any atom is -0.493 e.